The average Bonchev–Trinajstić information content (AvgIpc) is 3.45. The molecule has 0 bridgehead atoms. The largest absolute Gasteiger partial charge is 0.493 e. The minimum atomic E-state index is -0.971. The molecule has 3 heterocycles. The first kappa shape index (κ1) is 31.2. The van der Waals surface area contributed by atoms with Crippen LogP contribution in [0.3, 0.4) is 0 Å². The molecule has 0 saturated heterocycles. The number of anilines is 1. The van der Waals surface area contributed by atoms with Crippen molar-refractivity contribution in [3.63, 3.8) is 0 Å². The first-order chi connectivity index (χ1) is 21.2. The number of allylic oxidation sites excluding steroid dienone is 1. The van der Waals surface area contributed by atoms with E-state index in [1.807, 2.05) is 6.92 Å². The number of aromatic nitrogens is 1. The van der Waals surface area contributed by atoms with Crippen LogP contribution in [0.5, 0.6) is 11.5 Å². The van der Waals surface area contributed by atoms with Crippen LogP contribution in [0.25, 0.3) is 5.57 Å². The number of ether oxygens (including phenoxy) is 4. The number of methoxy groups -OCH3 is 1. The molecule has 0 N–H and O–H groups in total. The van der Waals surface area contributed by atoms with Gasteiger partial charge in [0.15, 0.2) is 16.3 Å². The molecule has 11 nitrogen and oxygen atoms in total. The number of carbonyl (C=O) groups is 3. The lowest BCUT2D eigenvalue weighted by molar-refractivity contribution is -0.142. The molecular formula is C31H30BrN3O8S. The fourth-order valence-electron chi connectivity index (χ4n) is 5.32. The van der Waals surface area contributed by atoms with E-state index in [1.54, 1.807) is 57.2 Å². The minimum absolute atomic E-state index is 0.118. The fraction of sp³-hybridized carbons (Fsp3) is 0.323. The molecule has 0 unspecified atom stereocenters. The number of halogens is 1. The number of para-hydroxylation sites is 1. The molecule has 0 radical (unpaired) electrons. The lowest BCUT2D eigenvalue weighted by atomic mass is 9.95. The predicted octanol–water partition coefficient (Wildman–Crippen LogP) is 3.25. The number of hydrogen-bond donors (Lipinski definition) is 0. The Kier molecular flexibility index (Phi) is 9.07. The molecule has 2 aliphatic heterocycles. The molecule has 3 aromatic rings. The van der Waals surface area contributed by atoms with Gasteiger partial charge in [-0.1, -0.05) is 45.5 Å². The zero-order valence-electron chi connectivity index (χ0n) is 24.8. The monoisotopic (exact) mass is 683 g/mol. The first-order valence-corrected chi connectivity index (χ1v) is 15.6. The number of nitrogens with zero attached hydrogens (tertiary/aromatic N) is 3. The van der Waals surface area contributed by atoms with Crippen LogP contribution < -0.4 is 29.3 Å². The lowest BCUT2D eigenvalue weighted by Gasteiger charge is -2.26. The van der Waals surface area contributed by atoms with Gasteiger partial charge in [0.1, 0.15) is 11.1 Å². The topological polar surface area (TPSA) is 126 Å². The Morgan fingerprint density at radius 3 is 2.43 bits per heavy atom. The molecule has 1 aromatic heterocycles. The van der Waals surface area contributed by atoms with Crippen LogP contribution in [0.2, 0.25) is 0 Å². The third-order valence-corrected chi connectivity index (χ3v) is 8.85. The van der Waals surface area contributed by atoms with E-state index < -0.39 is 29.4 Å². The van der Waals surface area contributed by atoms with Gasteiger partial charge in [-0.3, -0.25) is 23.9 Å². The Labute approximate surface area is 265 Å². The van der Waals surface area contributed by atoms with E-state index in [1.165, 1.54) is 16.6 Å². The second-order valence-corrected chi connectivity index (χ2v) is 11.5. The smallest absolute Gasteiger partial charge is 0.338 e. The van der Waals surface area contributed by atoms with E-state index in [-0.39, 0.29) is 35.4 Å². The minimum Gasteiger partial charge on any atom is -0.493 e. The number of rotatable bonds is 9. The summed E-state index contributed by atoms with van der Waals surface area (Å²) in [4.78, 5) is 60.3. The Balaban J connectivity index is 1.79. The Morgan fingerprint density at radius 1 is 1.02 bits per heavy atom. The van der Waals surface area contributed by atoms with Crippen LogP contribution in [-0.2, 0) is 23.9 Å². The highest BCUT2D eigenvalue weighted by Gasteiger charge is 2.39. The molecule has 2 aromatic carbocycles. The van der Waals surface area contributed by atoms with Crippen LogP contribution in [0.1, 0.15) is 44.9 Å². The van der Waals surface area contributed by atoms with Crippen molar-refractivity contribution in [1.82, 2.24) is 4.57 Å². The normalized spacial score (nSPS) is 16.7. The Bertz CT molecular complexity index is 1890. The summed E-state index contributed by atoms with van der Waals surface area (Å²) < 4.78 is 23.9. The summed E-state index contributed by atoms with van der Waals surface area (Å²) in [6.07, 6.45) is 0. The maximum Gasteiger partial charge on any atom is 0.338 e. The van der Waals surface area contributed by atoms with Gasteiger partial charge in [-0.15, -0.1) is 0 Å². The van der Waals surface area contributed by atoms with Crippen molar-refractivity contribution in [3.05, 3.63) is 83.0 Å². The van der Waals surface area contributed by atoms with Gasteiger partial charge in [0.2, 0.25) is 0 Å². The van der Waals surface area contributed by atoms with E-state index in [0.29, 0.717) is 49.9 Å². The van der Waals surface area contributed by atoms with Gasteiger partial charge in [-0.25, -0.2) is 9.79 Å². The van der Waals surface area contributed by atoms with Gasteiger partial charge in [-0.05, 0) is 51.5 Å². The molecule has 0 fully saturated rings. The van der Waals surface area contributed by atoms with Gasteiger partial charge in [0.05, 0.1) is 55.5 Å². The summed E-state index contributed by atoms with van der Waals surface area (Å²) in [6.45, 7) is 7.23. The third-order valence-electron chi connectivity index (χ3n) is 7.11. The summed E-state index contributed by atoms with van der Waals surface area (Å²) in [5.41, 5.74) is 1.70. The standard InChI is InChI=1S/C31H30BrN3O8S/c1-6-41-22-13-18(19(32)14-21(22)40-5)26-24(30(39)43-8-3)16(4)33-31-35(26)29(38)27(44-31)25-17-11-9-10-12-20(17)34(28(25)37)15-23(36)42-7-2/h9-14,26H,6-8,15H2,1-5H3/b27-25+/t26-/m1/s1. The third kappa shape index (κ3) is 5.34. The van der Waals surface area contributed by atoms with E-state index in [4.69, 9.17) is 18.9 Å². The number of benzene rings is 2. The van der Waals surface area contributed by atoms with Crippen LogP contribution in [0.15, 0.2) is 61.9 Å². The van der Waals surface area contributed by atoms with Crippen molar-refractivity contribution < 1.29 is 33.3 Å². The molecule has 2 aliphatic rings. The Morgan fingerprint density at radius 2 is 1.75 bits per heavy atom. The zero-order valence-corrected chi connectivity index (χ0v) is 27.2. The quantitative estimate of drug-likeness (QED) is 0.315. The Hall–Kier alpha value is -4.23. The van der Waals surface area contributed by atoms with Crippen molar-refractivity contribution in [2.24, 2.45) is 4.99 Å². The molecule has 0 saturated carbocycles. The number of esters is 2. The molecule has 5 rings (SSSR count). The number of carbonyl (C=O) groups excluding carboxylic acids is 3. The van der Waals surface area contributed by atoms with Crippen molar-refractivity contribution in [2.75, 3.05) is 38.4 Å². The highest BCUT2D eigenvalue weighted by molar-refractivity contribution is 9.10. The van der Waals surface area contributed by atoms with Crippen LogP contribution in [-0.4, -0.2) is 55.9 Å². The number of hydrogen-bond acceptors (Lipinski definition) is 10. The van der Waals surface area contributed by atoms with Gasteiger partial charge >= 0.3 is 11.9 Å². The maximum atomic E-state index is 14.4. The molecular weight excluding hydrogens is 654 g/mol. The molecule has 230 valence electrons. The first-order valence-electron chi connectivity index (χ1n) is 14.0. The van der Waals surface area contributed by atoms with E-state index in [2.05, 4.69) is 20.9 Å². The summed E-state index contributed by atoms with van der Waals surface area (Å²) in [6, 6.07) is 9.40. The van der Waals surface area contributed by atoms with Gasteiger partial charge in [0, 0.05) is 10.0 Å². The summed E-state index contributed by atoms with van der Waals surface area (Å²) >= 11 is 4.65. The number of thiazole rings is 1. The molecule has 13 heteroatoms. The highest BCUT2D eigenvalue weighted by atomic mass is 79.9. The van der Waals surface area contributed by atoms with E-state index in [9.17, 15) is 19.2 Å². The average molecular weight is 685 g/mol. The molecule has 0 spiro atoms. The SMILES string of the molecule is CCOC(=O)CN1C(=O)/C(=c2/sc3n(c2=O)[C@H](c2cc(OCC)c(OC)cc2Br)C(C(=O)OCC)=C(C)N=3)c2ccccc21. The number of fused-ring (bicyclic) bond motifs is 2. The number of amides is 1. The van der Waals surface area contributed by atoms with Gasteiger partial charge in [0.25, 0.3) is 11.5 Å². The second kappa shape index (κ2) is 12.8. The van der Waals surface area contributed by atoms with Crippen LogP contribution in [0, 0.1) is 0 Å². The molecule has 0 aliphatic carbocycles. The van der Waals surface area contributed by atoms with E-state index in [0.717, 1.165) is 11.3 Å². The van der Waals surface area contributed by atoms with Crippen molar-refractivity contribution in [2.45, 2.75) is 33.7 Å². The molecule has 44 heavy (non-hydrogen) atoms. The summed E-state index contributed by atoms with van der Waals surface area (Å²) in [5.74, 6) is -0.815. The lowest BCUT2D eigenvalue weighted by Crippen LogP contribution is -2.41. The molecule has 1 atom stereocenters. The summed E-state index contributed by atoms with van der Waals surface area (Å²) in [7, 11) is 1.52. The maximum absolute atomic E-state index is 14.4. The highest BCUT2D eigenvalue weighted by Crippen LogP contribution is 2.41. The second-order valence-electron chi connectivity index (χ2n) is 9.67. The van der Waals surface area contributed by atoms with Crippen molar-refractivity contribution >= 4 is 56.4 Å². The van der Waals surface area contributed by atoms with Gasteiger partial charge in [-0.2, -0.15) is 0 Å². The van der Waals surface area contributed by atoms with Crippen molar-refractivity contribution in [1.29, 1.82) is 0 Å². The predicted molar refractivity (Wildman–Crippen MR) is 167 cm³/mol. The van der Waals surface area contributed by atoms with Crippen molar-refractivity contribution in [3.8, 4) is 11.5 Å². The van der Waals surface area contributed by atoms with E-state index >= 15 is 0 Å². The zero-order chi connectivity index (χ0) is 31.7. The fourth-order valence-corrected chi connectivity index (χ4v) is 6.99. The van der Waals surface area contributed by atoms with Crippen LogP contribution in [0.4, 0.5) is 5.69 Å². The molecule has 1 amide bonds. The van der Waals surface area contributed by atoms with Gasteiger partial charge < -0.3 is 18.9 Å². The summed E-state index contributed by atoms with van der Waals surface area (Å²) in [5, 5.41) is 0. The van der Waals surface area contributed by atoms with Crippen LogP contribution >= 0.6 is 27.3 Å².